The maximum atomic E-state index is 6.05. The number of pyridine rings is 1. The largest absolute Gasteiger partial charge is 0.472 e. The van der Waals surface area contributed by atoms with Gasteiger partial charge in [-0.25, -0.2) is 4.98 Å². The Labute approximate surface area is 105 Å². The first kappa shape index (κ1) is 11.9. The van der Waals surface area contributed by atoms with Gasteiger partial charge in [0, 0.05) is 12.2 Å². The Balaban J connectivity index is 2.10. The fourth-order valence-electron chi connectivity index (χ4n) is 2.01. The van der Waals surface area contributed by atoms with Crippen LogP contribution >= 0.6 is 15.9 Å². The first-order valence-corrected chi connectivity index (χ1v) is 6.51. The highest BCUT2D eigenvalue weighted by molar-refractivity contribution is 9.10. The van der Waals surface area contributed by atoms with Crippen molar-refractivity contribution in [3.05, 3.63) is 22.3 Å². The van der Waals surface area contributed by atoms with E-state index in [1.54, 1.807) is 6.20 Å². The minimum atomic E-state index is 0.111. The normalized spacial score (nSPS) is 25.4. The number of halogens is 1. The molecule has 0 spiro atoms. The molecule has 0 aliphatic heterocycles. The van der Waals surface area contributed by atoms with Crippen LogP contribution in [0.5, 0.6) is 5.88 Å². The lowest BCUT2D eigenvalue weighted by Crippen LogP contribution is -2.41. The van der Waals surface area contributed by atoms with Gasteiger partial charge < -0.3 is 10.5 Å². The summed E-state index contributed by atoms with van der Waals surface area (Å²) in [7, 11) is 0. The third-order valence-electron chi connectivity index (χ3n) is 3.07. The van der Waals surface area contributed by atoms with Crippen LogP contribution in [0.1, 0.15) is 31.2 Å². The molecule has 0 radical (unpaired) electrons. The average molecular weight is 285 g/mol. The second-order valence-electron chi connectivity index (χ2n) is 4.35. The molecule has 2 atom stereocenters. The number of aryl methyl sites for hydroxylation is 1. The van der Waals surface area contributed by atoms with Crippen molar-refractivity contribution in [3.8, 4) is 5.88 Å². The summed E-state index contributed by atoms with van der Waals surface area (Å²) in [5, 5.41) is 0. The molecule has 2 rings (SSSR count). The number of hydrogen-bond acceptors (Lipinski definition) is 3. The average Bonchev–Trinajstić information content (AvgIpc) is 2.28. The quantitative estimate of drug-likeness (QED) is 0.909. The molecule has 0 aromatic carbocycles. The monoisotopic (exact) mass is 284 g/mol. The van der Waals surface area contributed by atoms with Crippen LogP contribution in [0, 0.1) is 6.92 Å². The highest BCUT2D eigenvalue weighted by atomic mass is 79.9. The van der Waals surface area contributed by atoms with E-state index in [0.717, 1.165) is 22.9 Å². The van der Waals surface area contributed by atoms with E-state index in [9.17, 15) is 0 Å². The molecule has 1 saturated carbocycles. The zero-order chi connectivity index (χ0) is 11.5. The van der Waals surface area contributed by atoms with Crippen LogP contribution in [-0.2, 0) is 0 Å². The van der Waals surface area contributed by atoms with E-state index in [1.165, 1.54) is 12.8 Å². The standard InChI is InChI=1S/C12H17BrN2O/c1-8-6-7-15-12(11(8)13)16-10-5-3-2-4-9(10)14/h6-7,9-10H,2-5,14H2,1H3. The Morgan fingerprint density at radius 3 is 2.94 bits per heavy atom. The third kappa shape index (κ3) is 2.55. The predicted octanol–water partition coefficient (Wildman–Crippen LogP) is 2.80. The lowest BCUT2D eigenvalue weighted by atomic mass is 9.93. The van der Waals surface area contributed by atoms with Crippen LogP contribution in [0.25, 0.3) is 0 Å². The van der Waals surface area contributed by atoms with Gasteiger partial charge in [-0.2, -0.15) is 0 Å². The molecule has 1 aliphatic rings. The van der Waals surface area contributed by atoms with E-state index in [0.29, 0.717) is 5.88 Å². The molecule has 2 N–H and O–H groups in total. The van der Waals surface area contributed by atoms with Crippen molar-refractivity contribution in [2.24, 2.45) is 5.73 Å². The molecule has 0 bridgehead atoms. The smallest absolute Gasteiger partial charge is 0.228 e. The van der Waals surface area contributed by atoms with Crippen molar-refractivity contribution >= 4 is 15.9 Å². The third-order valence-corrected chi connectivity index (χ3v) is 4.03. The van der Waals surface area contributed by atoms with Crippen molar-refractivity contribution in [2.45, 2.75) is 44.8 Å². The predicted molar refractivity (Wildman–Crippen MR) is 67.5 cm³/mol. The summed E-state index contributed by atoms with van der Waals surface area (Å²) in [6.45, 7) is 2.03. The molecular weight excluding hydrogens is 268 g/mol. The van der Waals surface area contributed by atoms with Crippen molar-refractivity contribution in [1.29, 1.82) is 0 Å². The summed E-state index contributed by atoms with van der Waals surface area (Å²) in [6.07, 6.45) is 6.37. The number of aromatic nitrogens is 1. The Bertz CT molecular complexity index is 370. The van der Waals surface area contributed by atoms with Crippen LogP contribution in [-0.4, -0.2) is 17.1 Å². The van der Waals surface area contributed by atoms with Crippen LogP contribution in [0.4, 0.5) is 0 Å². The van der Waals surface area contributed by atoms with Crippen LogP contribution in [0.15, 0.2) is 16.7 Å². The molecule has 88 valence electrons. The summed E-state index contributed by atoms with van der Waals surface area (Å²) < 4.78 is 6.83. The number of rotatable bonds is 2. The molecule has 16 heavy (non-hydrogen) atoms. The lowest BCUT2D eigenvalue weighted by molar-refractivity contribution is 0.125. The SMILES string of the molecule is Cc1ccnc(OC2CCCCC2N)c1Br. The van der Waals surface area contributed by atoms with E-state index in [-0.39, 0.29) is 12.1 Å². The molecule has 3 nitrogen and oxygen atoms in total. The number of nitrogens with two attached hydrogens (primary N) is 1. The first-order chi connectivity index (χ1) is 7.68. The topological polar surface area (TPSA) is 48.1 Å². The minimum Gasteiger partial charge on any atom is -0.472 e. The van der Waals surface area contributed by atoms with E-state index in [2.05, 4.69) is 20.9 Å². The van der Waals surface area contributed by atoms with E-state index in [4.69, 9.17) is 10.5 Å². The zero-order valence-corrected chi connectivity index (χ0v) is 11.0. The highest BCUT2D eigenvalue weighted by Crippen LogP contribution is 2.29. The van der Waals surface area contributed by atoms with Gasteiger partial charge in [-0.15, -0.1) is 0 Å². The molecular formula is C12H17BrN2O. The Hall–Kier alpha value is -0.610. The molecule has 1 aliphatic carbocycles. The minimum absolute atomic E-state index is 0.111. The molecule has 1 heterocycles. The van der Waals surface area contributed by atoms with E-state index in [1.807, 2.05) is 13.0 Å². The second kappa shape index (κ2) is 5.15. The van der Waals surface area contributed by atoms with E-state index < -0.39 is 0 Å². The van der Waals surface area contributed by atoms with Gasteiger partial charge in [0.05, 0.1) is 4.47 Å². The highest BCUT2D eigenvalue weighted by Gasteiger charge is 2.24. The van der Waals surface area contributed by atoms with Crippen molar-refractivity contribution < 1.29 is 4.74 Å². The fraction of sp³-hybridized carbons (Fsp3) is 0.583. The molecule has 0 amide bonds. The van der Waals surface area contributed by atoms with Crippen molar-refractivity contribution in [3.63, 3.8) is 0 Å². The van der Waals surface area contributed by atoms with Crippen LogP contribution < -0.4 is 10.5 Å². The zero-order valence-electron chi connectivity index (χ0n) is 9.45. The van der Waals surface area contributed by atoms with Gasteiger partial charge in [-0.1, -0.05) is 6.42 Å². The molecule has 2 unspecified atom stereocenters. The molecule has 0 saturated heterocycles. The van der Waals surface area contributed by atoms with Gasteiger partial charge >= 0.3 is 0 Å². The lowest BCUT2D eigenvalue weighted by Gasteiger charge is -2.29. The van der Waals surface area contributed by atoms with Gasteiger partial charge in [0.1, 0.15) is 6.10 Å². The number of hydrogen-bond donors (Lipinski definition) is 1. The maximum absolute atomic E-state index is 6.05. The first-order valence-electron chi connectivity index (χ1n) is 5.72. The fourth-order valence-corrected chi connectivity index (χ4v) is 2.34. The molecule has 4 heteroatoms. The molecule has 1 aromatic heterocycles. The summed E-state index contributed by atoms with van der Waals surface area (Å²) in [4.78, 5) is 4.24. The van der Waals surface area contributed by atoms with Gasteiger partial charge in [0.25, 0.3) is 0 Å². The summed E-state index contributed by atoms with van der Waals surface area (Å²) in [5.41, 5.74) is 7.18. The van der Waals surface area contributed by atoms with Gasteiger partial charge in [-0.3, -0.25) is 0 Å². The molecule has 1 fully saturated rings. The van der Waals surface area contributed by atoms with Gasteiger partial charge in [0.2, 0.25) is 5.88 Å². The summed E-state index contributed by atoms with van der Waals surface area (Å²) in [6, 6.07) is 2.10. The second-order valence-corrected chi connectivity index (χ2v) is 5.14. The Kier molecular flexibility index (Phi) is 3.82. The summed E-state index contributed by atoms with van der Waals surface area (Å²) >= 11 is 3.50. The van der Waals surface area contributed by atoms with Gasteiger partial charge in [0.15, 0.2) is 0 Å². The van der Waals surface area contributed by atoms with E-state index >= 15 is 0 Å². The van der Waals surface area contributed by atoms with Crippen LogP contribution in [0.3, 0.4) is 0 Å². The Morgan fingerprint density at radius 2 is 2.19 bits per heavy atom. The number of ether oxygens (including phenoxy) is 1. The van der Waals surface area contributed by atoms with Crippen LogP contribution in [0.2, 0.25) is 0 Å². The van der Waals surface area contributed by atoms with Crippen molar-refractivity contribution in [2.75, 3.05) is 0 Å². The van der Waals surface area contributed by atoms with Gasteiger partial charge in [-0.05, 0) is 53.7 Å². The van der Waals surface area contributed by atoms with Crippen molar-refractivity contribution in [1.82, 2.24) is 4.98 Å². The summed E-state index contributed by atoms with van der Waals surface area (Å²) in [5.74, 6) is 0.669. The number of nitrogens with zero attached hydrogens (tertiary/aromatic N) is 1. The maximum Gasteiger partial charge on any atom is 0.228 e. The Morgan fingerprint density at radius 1 is 1.44 bits per heavy atom. The molecule has 1 aromatic rings.